The number of nitrogens with zero attached hydrogens (tertiary/aromatic N) is 1. The number of hydrogen-bond acceptors (Lipinski definition) is 2. The molecule has 0 aromatic heterocycles. The van der Waals surface area contributed by atoms with E-state index in [0.717, 1.165) is 0 Å². The third kappa shape index (κ3) is 1.96. The van der Waals surface area contributed by atoms with Crippen LogP contribution in [0, 0.1) is 0 Å². The molecule has 0 aliphatic carbocycles. The Morgan fingerprint density at radius 2 is 2.27 bits per heavy atom. The van der Waals surface area contributed by atoms with Crippen molar-refractivity contribution in [1.82, 2.24) is 0 Å². The Morgan fingerprint density at radius 1 is 1.53 bits per heavy atom. The Morgan fingerprint density at radius 3 is 2.87 bits per heavy atom. The lowest BCUT2D eigenvalue weighted by molar-refractivity contribution is -0.117. The summed E-state index contributed by atoms with van der Waals surface area (Å²) in [5.74, 6) is 0.0749. The molecule has 2 rings (SSSR count). The van der Waals surface area contributed by atoms with Crippen LogP contribution in [0.4, 0.5) is 11.4 Å². The lowest BCUT2D eigenvalue weighted by Crippen LogP contribution is -2.25. The smallest absolute Gasteiger partial charge is 0.228 e. The van der Waals surface area contributed by atoms with Crippen LogP contribution in [0.1, 0.15) is 6.42 Å². The predicted molar refractivity (Wildman–Crippen MR) is 65.5 cm³/mol. The van der Waals surface area contributed by atoms with Gasteiger partial charge < -0.3 is 10.6 Å². The number of halogens is 2. The number of carbonyl (C=O) groups is 1. The summed E-state index contributed by atoms with van der Waals surface area (Å²) in [4.78, 5) is 13.5. The Hall–Kier alpha value is -0.740. The summed E-state index contributed by atoms with van der Waals surface area (Å²) in [5.41, 5.74) is 7.00. The molecular weight excluding hydrogens is 279 g/mol. The monoisotopic (exact) mass is 288 g/mol. The third-order valence-corrected chi connectivity index (χ3v) is 3.34. The van der Waals surface area contributed by atoms with Gasteiger partial charge in [0, 0.05) is 17.8 Å². The first-order valence-corrected chi connectivity index (χ1v) is 5.87. The van der Waals surface area contributed by atoms with E-state index in [2.05, 4.69) is 15.9 Å². The minimum absolute atomic E-state index is 0.0749. The highest BCUT2D eigenvalue weighted by Gasteiger charge is 2.30. The SMILES string of the molecule is Nc1c(Cl)cccc1N1CC(Br)CC1=O. The summed E-state index contributed by atoms with van der Waals surface area (Å²) in [5, 5.41) is 0.485. The Bertz CT molecular complexity index is 410. The molecule has 1 unspecified atom stereocenters. The highest BCUT2D eigenvalue weighted by molar-refractivity contribution is 9.09. The molecule has 0 radical (unpaired) electrons. The van der Waals surface area contributed by atoms with Gasteiger partial charge in [0.15, 0.2) is 0 Å². The number of nitrogens with two attached hydrogens (primary N) is 1. The fourth-order valence-corrected chi connectivity index (χ4v) is 2.39. The first-order valence-electron chi connectivity index (χ1n) is 4.58. The number of para-hydroxylation sites is 1. The van der Waals surface area contributed by atoms with Crippen LogP contribution in [0.2, 0.25) is 5.02 Å². The molecule has 1 heterocycles. The molecule has 0 bridgehead atoms. The van der Waals surface area contributed by atoms with Gasteiger partial charge in [0.05, 0.1) is 16.4 Å². The average Bonchev–Trinajstić information content (AvgIpc) is 2.50. The van der Waals surface area contributed by atoms with Crippen molar-refractivity contribution in [2.45, 2.75) is 11.2 Å². The van der Waals surface area contributed by atoms with Crippen molar-refractivity contribution < 1.29 is 4.79 Å². The molecule has 1 aliphatic heterocycles. The third-order valence-electron chi connectivity index (χ3n) is 2.40. The number of nitrogen functional groups attached to an aromatic ring is 1. The summed E-state index contributed by atoms with van der Waals surface area (Å²) in [7, 11) is 0. The van der Waals surface area contributed by atoms with E-state index in [4.69, 9.17) is 17.3 Å². The van der Waals surface area contributed by atoms with E-state index < -0.39 is 0 Å². The molecule has 0 saturated carbocycles. The quantitative estimate of drug-likeness (QED) is 0.637. The van der Waals surface area contributed by atoms with Gasteiger partial charge in [-0.3, -0.25) is 4.79 Å². The van der Waals surface area contributed by atoms with E-state index in [0.29, 0.717) is 29.4 Å². The standard InChI is InChI=1S/C10H10BrClN2O/c11-6-4-9(15)14(5-6)8-3-1-2-7(12)10(8)13/h1-3,6H,4-5,13H2. The molecule has 15 heavy (non-hydrogen) atoms. The maximum absolute atomic E-state index is 11.6. The summed E-state index contributed by atoms with van der Waals surface area (Å²) < 4.78 is 0. The Balaban J connectivity index is 2.38. The molecule has 1 fully saturated rings. The van der Waals surface area contributed by atoms with E-state index >= 15 is 0 Å². The van der Waals surface area contributed by atoms with Gasteiger partial charge >= 0.3 is 0 Å². The molecule has 80 valence electrons. The van der Waals surface area contributed by atoms with Crippen LogP contribution in [-0.4, -0.2) is 17.3 Å². The maximum Gasteiger partial charge on any atom is 0.228 e. The van der Waals surface area contributed by atoms with Crippen LogP contribution < -0.4 is 10.6 Å². The summed E-state index contributed by atoms with van der Waals surface area (Å²) in [6.45, 7) is 0.642. The van der Waals surface area contributed by atoms with Gasteiger partial charge in [0.25, 0.3) is 0 Å². The molecule has 1 atom stereocenters. The zero-order valence-corrected chi connectivity index (χ0v) is 10.3. The van der Waals surface area contributed by atoms with Crippen molar-refractivity contribution >= 4 is 44.8 Å². The van der Waals surface area contributed by atoms with Gasteiger partial charge in [0.1, 0.15) is 0 Å². The van der Waals surface area contributed by atoms with E-state index in [1.54, 1.807) is 17.0 Å². The second-order valence-corrected chi connectivity index (χ2v) is 5.18. The van der Waals surface area contributed by atoms with Crippen LogP contribution in [0.25, 0.3) is 0 Å². The van der Waals surface area contributed by atoms with Gasteiger partial charge in [-0.05, 0) is 12.1 Å². The summed E-state index contributed by atoms with van der Waals surface area (Å²) in [6, 6.07) is 5.32. The number of benzene rings is 1. The van der Waals surface area contributed by atoms with Crippen LogP contribution in [-0.2, 0) is 4.79 Å². The average molecular weight is 290 g/mol. The number of rotatable bonds is 1. The van der Waals surface area contributed by atoms with Gasteiger partial charge in [-0.25, -0.2) is 0 Å². The number of anilines is 2. The molecular formula is C10H10BrClN2O. The highest BCUT2D eigenvalue weighted by Crippen LogP contribution is 2.33. The predicted octanol–water partition coefficient (Wildman–Crippen LogP) is 2.42. The first kappa shape index (κ1) is 10.8. The molecule has 1 aromatic carbocycles. The van der Waals surface area contributed by atoms with Crippen LogP contribution in [0.3, 0.4) is 0 Å². The zero-order chi connectivity index (χ0) is 11.0. The Labute approximate surface area is 101 Å². The van der Waals surface area contributed by atoms with Crippen molar-refractivity contribution in [2.75, 3.05) is 17.2 Å². The van der Waals surface area contributed by atoms with E-state index in [9.17, 15) is 4.79 Å². The van der Waals surface area contributed by atoms with Crippen LogP contribution in [0.15, 0.2) is 18.2 Å². The van der Waals surface area contributed by atoms with Gasteiger partial charge in [-0.2, -0.15) is 0 Å². The van der Waals surface area contributed by atoms with Crippen molar-refractivity contribution in [3.63, 3.8) is 0 Å². The van der Waals surface area contributed by atoms with Gasteiger partial charge in [-0.1, -0.05) is 33.6 Å². The maximum atomic E-state index is 11.6. The fourth-order valence-electron chi connectivity index (χ4n) is 1.66. The fraction of sp³-hybridized carbons (Fsp3) is 0.300. The topological polar surface area (TPSA) is 46.3 Å². The normalized spacial score (nSPS) is 21.1. The van der Waals surface area contributed by atoms with Crippen LogP contribution in [0.5, 0.6) is 0 Å². The molecule has 2 N–H and O–H groups in total. The van der Waals surface area contributed by atoms with Crippen molar-refractivity contribution in [3.8, 4) is 0 Å². The minimum atomic E-state index is 0.0749. The van der Waals surface area contributed by atoms with E-state index in [-0.39, 0.29) is 10.7 Å². The van der Waals surface area contributed by atoms with Crippen molar-refractivity contribution in [3.05, 3.63) is 23.2 Å². The second-order valence-electron chi connectivity index (χ2n) is 3.48. The molecule has 1 aromatic rings. The first-order chi connectivity index (χ1) is 7.09. The number of amides is 1. The number of hydrogen-bond donors (Lipinski definition) is 1. The largest absolute Gasteiger partial charge is 0.396 e. The minimum Gasteiger partial charge on any atom is -0.396 e. The molecule has 1 saturated heterocycles. The summed E-state index contributed by atoms with van der Waals surface area (Å²) in [6.07, 6.45) is 0.506. The lowest BCUT2D eigenvalue weighted by atomic mass is 10.2. The highest BCUT2D eigenvalue weighted by atomic mass is 79.9. The molecule has 3 nitrogen and oxygen atoms in total. The van der Waals surface area contributed by atoms with Crippen LogP contribution >= 0.6 is 27.5 Å². The van der Waals surface area contributed by atoms with Crippen molar-refractivity contribution in [1.29, 1.82) is 0 Å². The molecule has 1 amide bonds. The second kappa shape index (κ2) is 4.02. The van der Waals surface area contributed by atoms with Gasteiger partial charge in [-0.15, -0.1) is 0 Å². The van der Waals surface area contributed by atoms with Gasteiger partial charge in [0.2, 0.25) is 5.91 Å². The molecule has 1 aliphatic rings. The summed E-state index contributed by atoms with van der Waals surface area (Å²) >= 11 is 9.32. The van der Waals surface area contributed by atoms with E-state index in [1.165, 1.54) is 0 Å². The van der Waals surface area contributed by atoms with Crippen molar-refractivity contribution in [2.24, 2.45) is 0 Å². The number of carbonyl (C=O) groups excluding carboxylic acids is 1. The number of alkyl halides is 1. The Kier molecular flexibility index (Phi) is 2.89. The lowest BCUT2D eigenvalue weighted by Gasteiger charge is -2.18. The van der Waals surface area contributed by atoms with E-state index in [1.807, 2.05) is 6.07 Å². The molecule has 0 spiro atoms. The molecule has 5 heteroatoms. The zero-order valence-electron chi connectivity index (χ0n) is 7.91.